The third kappa shape index (κ3) is 6.14. The Labute approximate surface area is 214 Å². The van der Waals surface area contributed by atoms with Crippen molar-refractivity contribution in [2.45, 2.75) is 38.5 Å². The van der Waals surface area contributed by atoms with Crippen LogP contribution in [-0.4, -0.2) is 50.2 Å². The molecule has 0 bridgehead atoms. The van der Waals surface area contributed by atoms with Crippen LogP contribution in [0.5, 0.6) is 0 Å². The fourth-order valence-corrected chi connectivity index (χ4v) is 4.96. The zero-order valence-corrected chi connectivity index (χ0v) is 21.5. The summed E-state index contributed by atoms with van der Waals surface area (Å²) in [5, 5.41) is 0. The maximum absolute atomic E-state index is 14.1. The Morgan fingerprint density at radius 3 is 2.25 bits per heavy atom. The number of carbonyl (C=O) groups excluding carboxylic acids is 1. The van der Waals surface area contributed by atoms with E-state index in [9.17, 15) is 9.18 Å². The number of halogens is 1. The first-order valence-corrected chi connectivity index (χ1v) is 13.1. The molecule has 0 aliphatic carbocycles. The lowest BCUT2D eigenvalue weighted by molar-refractivity contribution is -0.150. The topological polar surface area (TPSA) is 32.8 Å². The van der Waals surface area contributed by atoms with Crippen LogP contribution in [0, 0.1) is 5.82 Å². The van der Waals surface area contributed by atoms with E-state index in [1.165, 1.54) is 11.8 Å². The molecule has 0 amide bonds. The van der Waals surface area contributed by atoms with E-state index in [1.807, 2.05) is 68.4 Å². The van der Waals surface area contributed by atoms with Gasteiger partial charge in [0.1, 0.15) is 5.82 Å². The Balaban J connectivity index is 1.29. The van der Waals surface area contributed by atoms with Gasteiger partial charge in [-0.2, -0.15) is 0 Å². The Bertz CT molecular complexity index is 1110. The van der Waals surface area contributed by atoms with Gasteiger partial charge in [0.15, 0.2) is 0 Å². The van der Waals surface area contributed by atoms with E-state index >= 15 is 0 Å². The summed E-state index contributed by atoms with van der Waals surface area (Å²) in [6, 6.07) is 25.1. The molecule has 0 spiro atoms. The monoisotopic (exact) mass is 488 g/mol. The van der Waals surface area contributed by atoms with Crippen molar-refractivity contribution in [3.63, 3.8) is 0 Å². The second-order valence-electron chi connectivity index (χ2n) is 9.79. The van der Waals surface area contributed by atoms with Crippen molar-refractivity contribution in [2.75, 3.05) is 44.2 Å². The summed E-state index contributed by atoms with van der Waals surface area (Å²) in [6.07, 6.45) is 2.52. The van der Waals surface area contributed by atoms with Gasteiger partial charge in [-0.15, -0.1) is 0 Å². The molecule has 190 valence electrons. The van der Waals surface area contributed by atoms with Crippen molar-refractivity contribution in [2.24, 2.45) is 0 Å². The third-order valence-electron chi connectivity index (χ3n) is 7.24. The molecule has 1 unspecified atom stereocenters. The second-order valence-corrected chi connectivity index (χ2v) is 9.79. The van der Waals surface area contributed by atoms with E-state index in [1.54, 1.807) is 6.07 Å². The number of piperazine rings is 1. The van der Waals surface area contributed by atoms with Gasteiger partial charge in [-0.1, -0.05) is 67.6 Å². The van der Waals surface area contributed by atoms with Gasteiger partial charge in [-0.25, -0.2) is 4.39 Å². The molecule has 4 nitrogen and oxygen atoms in total. The summed E-state index contributed by atoms with van der Waals surface area (Å²) in [4.78, 5) is 17.8. The van der Waals surface area contributed by atoms with Crippen LogP contribution in [0.1, 0.15) is 38.7 Å². The number of anilines is 1. The lowest BCUT2D eigenvalue weighted by atomic mass is 9.78. The van der Waals surface area contributed by atoms with E-state index < -0.39 is 5.41 Å². The van der Waals surface area contributed by atoms with Gasteiger partial charge in [0.05, 0.1) is 12.0 Å². The number of hydrogen-bond acceptors (Lipinski definition) is 4. The fraction of sp³-hybridized carbons (Fsp3) is 0.387. The van der Waals surface area contributed by atoms with Crippen LogP contribution in [0.2, 0.25) is 0 Å². The first-order valence-electron chi connectivity index (χ1n) is 13.1. The second kappa shape index (κ2) is 12.2. The van der Waals surface area contributed by atoms with Crippen molar-refractivity contribution < 1.29 is 13.9 Å². The Morgan fingerprint density at radius 2 is 1.58 bits per heavy atom. The molecule has 0 aromatic heterocycles. The molecule has 0 saturated carbocycles. The van der Waals surface area contributed by atoms with Gasteiger partial charge in [-0.05, 0) is 62.1 Å². The average molecular weight is 489 g/mol. The lowest BCUT2D eigenvalue weighted by Gasteiger charge is -2.37. The maximum atomic E-state index is 14.1. The Morgan fingerprint density at radius 1 is 0.917 bits per heavy atom. The molecule has 36 heavy (non-hydrogen) atoms. The fourth-order valence-electron chi connectivity index (χ4n) is 4.96. The quantitative estimate of drug-likeness (QED) is 0.313. The minimum Gasteiger partial charge on any atom is -0.465 e. The molecule has 3 aromatic carbocycles. The van der Waals surface area contributed by atoms with Gasteiger partial charge >= 0.3 is 5.97 Å². The number of rotatable bonds is 10. The first kappa shape index (κ1) is 25.9. The summed E-state index contributed by atoms with van der Waals surface area (Å²) in [6.45, 7) is 9.33. The lowest BCUT2D eigenvalue weighted by Crippen LogP contribution is -2.47. The van der Waals surface area contributed by atoms with Crippen LogP contribution in [0.25, 0.3) is 11.1 Å². The summed E-state index contributed by atoms with van der Waals surface area (Å²) in [7, 11) is 0. The molecule has 1 aliphatic heterocycles. The SMILES string of the molecule is CCCOC(=O)C(C)(CCCN1CCN(c2ccc(-c3ccccc3F)cc2)CC1)c1ccccc1. The first-order chi connectivity index (χ1) is 17.5. The van der Waals surface area contributed by atoms with E-state index in [0.29, 0.717) is 12.2 Å². The number of esters is 1. The predicted octanol–water partition coefficient (Wildman–Crippen LogP) is 6.31. The minimum absolute atomic E-state index is 0.126. The molecular weight excluding hydrogens is 451 g/mol. The van der Waals surface area contributed by atoms with Crippen molar-refractivity contribution in [1.82, 2.24) is 4.90 Å². The zero-order valence-electron chi connectivity index (χ0n) is 21.5. The van der Waals surface area contributed by atoms with Crippen molar-refractivity contribution >= 4 is 11.7 Å². The van der Waals surface area contributed by atoms with E-state index in [2.05, 4.69) is 21.9 Å². The van der Waals surface area contributed by atoms with Crippen molar-refractivity contribution in [1.29, 1.82) is 0 Å². The highest BCUT2D eigenvalue weighted by molar-refractivity contribution is 5.82. The molecule has 3 aromatic rings. The highest BCUT2D eigenvalue weighted by Gasteiger charge is 2.36. The maximum Gasteiger partial charge on any atom is 0.316 e. The van der Waals surface area contributed by atoms with Crippen molar-refractivity contribution in [3.05, 3.63) is 90.2 Å². The smallest absolute Gasteiger partial charge is 0.316 e. The number of ether oxygens (including phenoxy) is 1. The highest BCUT2D eigenvalue weighted by atomic mass is 19.1. The predicted molar refractivity (Wildman–Crippen MR) is 145 cm³/mol. The van der Waals surface area contributed by atoms with Crippen molar-refractivity contribution in [3.8, 4) is 11.1 Å². The number of benzene rings is 3. The molecule has 4 rings (SSSR count). The van der Waals surface area contributed by atoms with Crippen LogP contribution in [0.3, 0.4) is 0 Å². The standard InChI is InChI=1S/C31H37FN2O2/c1-3-24-36-30(35)31(2,26-10-5-4-6-11-26)18-9-19-33-20-22-34(23-21-33)27-16-14-25(15-17-27)28-12-7-8-13-29(28)32/h4-8,10-17H,3,9,18-24H2,1-2H3. The van der Waals surface area contributed by atoms with Gasteiger partial charge in [0.25, 0.3) is 0 Å². The molecule has 1 fully saturated rings. The van der Waals surface area contributed by atoms with Gasteiger partial charge in [0, 0.05) is 37.4 Å². The minimum atomic E-state index is -0.627. The summed E-state index contributed by atoms with van der Waals surface area (Å²) in [5.41, 5.74) is 3.10. The Kier molecular flexibility index (Phi) is 8.76. The number of nitrogens with zero attached hydrogens (tertiary/aromatic N) is 2. The normalized spacial score (nSPS) is 15.9. The van der Waals surface area contributed by atoms with Crippen LogP contribution >= 0.6 is 0 Å². The molecule has 0 N–H and O–H groups in total. The molecule has 1 aliphatic rings. The van der Waals surface area contributed by atoms with Crippen LogP contribution < -0.4 is 4.90 Å². The van der Waals surface area contributed by atoms with Gasteiger partial charge < -0.3 is 9.64 Å². The number of carbonyl (C=O) groups is 1. The average Bonchev–Trinajstić information content (AvgIpc) is 2.93. The molecule has 5 heteroatoms. The van der Waals surface area contributed by atoms with E-state index in [4.69, 9.17) is 4.74 Å². The zero-order chi connectivity index (χ0) is 25.4. The Hall–Kier alpha value is -3.18. The highest BCUT2D eigenvalue weighted by Crippen LogP contribution is 2.31. The van der Waals surface area contributed by atoms with E-state index in [-0.39, 0.29) is 11.8 Å². The van der Waals surface area contributed by atoms with Gasteiger partial charge in [-0.3, -0.25) is 9.69 Å². The van der Waals surface area contributed by atoms with Crippen LogP contribution in [0.15, 0.2) is 78.9 Å². The molecule has 0 radical (unpaired) electrons. The number of hydrogen-bond donors (Lipinski definition) is 0. The van der Waals surface area contributed by atoms with E-state index in [0.717, 1.165) is 63.1 Å². The molecule has 1 atom stereocenters. The van der Waals surface area contributed by atoms with Gasteiger partial charge in [0.2, 0.25) is 0 Å². The van der Waals surface area contributed by atoms with Crippen LogP contribution in [-0.2, 0) is 14.9 Å². The molecule has 1 heterocycles. The largest absolute Gasteiger partial charge is 0.465 e. The molecular formula is C31H37FN2O2. The summed E-state index contributed by atoms with van der Waals surface area (Å²) >= 11 is 0. The summed E-state index contributed by atoms with van der Waals surface area (Å²) in [5.74, 6) is -0.319. The third-order valence-corrected chi connectivity index (χ3v) is 7.24. The van der Waals surface area contributed by atoms with Crippen LogP contribution in [0.4, 0.5) is 10.1 Å². The summed E-state index contributed by atoms with van der Waals surface area (Å²) < 4.78 is 19.7. The molecule has 1 saturated heterocycles.